The molecule has 3 aromatic carbocycles. The van der Waals surface area contributed by atoms with Crippen LogP contribution in [0.2, 0.25) is 0 Å². The van der Waals surface area contributed by atoms with Gasteiger partial charge in [0.05, 0.1) is 13.0 Å². The first-order valence-corrected chi connectivity index (χ1v) is 10.9. The monoisotopic (exact) mass is 406 g/mol. The Bertz CT molecular complexity index is 965. The summed E-state index contributed by atoms with van der Waals surface area (Å²) in [7, 11) is 0. The van der Waals surface area contributed by atoms with Gasteiger partial charge in [0.2, 0.25) is 11.8 Å². The Morgan fingerprint density at radius 1 is 0.862 bits per heavy atom. The van der Waals surface area contributed by atoms with Crippen molar-refractivity contribution in [3.63, 3.8) is 0 Å². The number of carbonyl (C=O) groups excluding carboxylic acids is 2. The Hall–Kier alpha value is -2.79. The SMILES string of the molecule is Cc1ccc(CSCCNC(=O)CNC(=O)Cc2cccc3ccccc23)cc1. The van der Waals surface area contributed by atoms with Crippen LogP contribution in [0.1, 0.15) is 16.7 Å². The number of amides is 2. The van der Waals surface area contributed by atoms with E-state index in [-0.39, 0.29) is 24.8 Å². The second-order valence-electron chi connectivity index (χ2n) is 6.98. The zero-order valence-corrected chi connectivity index (χ0v) is 17.4. The van der Waals surface area contributed by atoms with Gasteiger partial charge in [-0.2, -0.15) is 11.8 Å². The number of rotatable bonds is 9. The van der Waals surface area contributed by atoms with E-state index in [0.29, 0.717) is 6.54 Å². The maximum Gasteiger partial charge on any atom is 0.239 e. The normalized spacial score (nSPS) is 10.7. The van der Waals surface area contributed by atoms with Gasteiger partial charge in [-0.05, 0) is 28.8 Å². The molecule has 4 nitrogen and oxygen atoms in total. The lowest BCUT2D eigenvalue weighted by atomic mass is 10.0. The average Bonchev–Trinajstić information content (AvgIpc) is 2.74. The van der Waals surface area contributed by atoms with Crippen LogP contribution in [0, 0.1) is 6.92 Å². The molecule has 0 aliphatic heterocycles. The largest absolute Gasteiger partial charge is 0.354 e. The molecule has 0 saturated carbocycles. The summed E-state index contributed by atoms with van der Waals surface area (Å²) in [5, 5.41) is 7.74. The molecule has 5 heteroatoms. The molecule has 0 atom stereocenters. The number of aryl methyl sites for hydroxylation is 1. The third kappa shape index (κ3) is 6.64. The molecule has 3 rings (SSSR count). The molecule has 0 spiro atoms. The predicted octanol–water partition coefficient (Wildman–Crippen LogP) is 3.86. The minimum atomic E-state index is -0.160. The van der Waals surface area contributed by atoms with Gasteiger partial charge in [0.15, 0.2) is 0 Å². The van der Waals surface area contributed by atoms with E-state index in [4.69, 9.17) is 0 Å². The van der Waals surface area contributed by atoms with E-state index in [2.05, 4.69) is 41.8 Å². The minimum Gasteiger partial charge on any atom is -0.354 e. The summed E-state index contributed by atoms with van der Waals surface area (Å²) in [5.74, 6) is 1.46. The molecule has 2 N–H and O–H groups in total. The Morgan fingerprint density at radius 2 is 1.62 bits per heavy atom. The molecule has 3 aromatic rings. The zero-order valence-electron chi connectivity index (χ0n) is 16.6. The summed E-state index contributed by atoms with van der Waals surface area (Å²) < 4.78 is 0. The van der Waals surface area contributed by atoms with Crippen molar-refractivity contribution in [2.75, 3.05) is 18.8 Å². The van der Waals surface area contributed by atoms with E-state index >= 15 is 0 Å². The van der Waals surface area contributed by atoms with E-state index in [1.807, 2.05) is 42.5 Å². The average molecular weight is 407 g/mol. The van der Waals surface area contributed by atoms with Crippen molar-refractivity contribution in [3.05, 3.63) is 83.4 Å². The molecule has 0 saturated heterocycles. The highest BCUT2D eigenvalue weighted by Crippen LogP contribution is 2.18. The molecule has 29 heavy (non-hydrogen) atoms. The van der Waals surface area contributed by atoms with E-state index in [1.54, 1.807) is 11.8 Å². The molecule has 150 valence electrons. The van der Waals surface area contributed by atoms with Crippen LogP contribution in [0.15, 0.2) is 66.7 Å². The van der Waals surface area contributed by atoms with Crippen LogP contribution in [-0.4, -0.2) is 30.7 Å². The Labute approximate surface area is 176 Å². The van der Waals surface area contributed by atoms with E-state index in [1.165, 1.54) is 11.1 Å². The molecule has 0 bridgehead atoms. The second kappa shape index (κ2) is 10.7. The number of carbonyl (C=O) groups is 2. The lowest BCUT2D eigenvalue weighted by Gasteiger charge is -2.09. The maximum absolute atomic E-state index is 12.2. The molecule has 0 unspecified atom stereocenters. The molecular weight excluding hydrogens is 380 g/mol. The van der Waals surface area contributed by atoms with Gasteiger partial charge in [-0.15, -0.1) is 0 Å². The van der Waals surface area contributed by atoms with Crippen LogP contribution in [0.3, 0.4) is 0 Å². The van der Waals surface area contributed by atoms with Crippen molar-refractivity contribution in [2.45, 2.75) is 19.1 Å². The van der Waals surface area contributed by atoms with Gasteiger partial charge in [-0.3, -0.25) is 9.59 Å². The predicted molar refractivity (Wildman–Crippen MR) is 121 cm³/mol. The van der Waals surface area contributed by atoms with Crippen LogP contribution in [0.25, 0.3) is 10.8 Å². The smallest absolute Gasteiger partial charge is 0.239 e. The van der Waals surface area contributed by atoms with Crippen molar-refractivity contribution in [2.24, 2.45) is 0 Å². The number of hydrogen-bond acceptors (Lipinski definition) is 3. The zero-order chi connectivity index (χ0) is 20.5. The molecule has 0 heterocycles. The van der Waals surface area contributed by atoms with Crippen LogP contribution >= 0.6 is 11.8 Å². The number of benzene rings is 3. The molecule has 2 amide bonds. The van der Waals surface area contributed by atoms with E-state index in [9.17, 15) is 9.59 Å². The number of hydrogen-bond donors (Lipinski definition) is 2. The van der Waals surface area contributed by atoms with Crippen LogP contribution in [0.4, 0.5) is 0 Å². The van der Waals surface area contributed by atoms with Crippen LogP contribution < -0.4 is 10.6 Å². The highest BCUT2D eigenvalue weighted by molar-refractivity contribution is 7.98. The first-order valence-electron chi connectivity index (χ1n) is 9.75. The van der Waals surface area contributed by atoms with Gasteiger partial charge in [-0.1, -0.05) is 72.3 Å². The highest BCUT2D eigenvalue weighted by atomic mass is 32.2. The van der Waals surface area contributed by atoms with Gasteiger partial charge in [0.25, 0.3) is 0 Å². The number of nitrogens with one attached hydrogen (secondary N) is 2. The quantitative estimate of drug-likeness (QED) is 0.531. The molecular formula is C24H26N2O2S. The summed E-state index contributed by atoms with van der Waals surface area (Å²) in [6.45, 7) is 2.67. The number of thioether (sulfide) groups is 1. The minimum absolute atomic E-state index is 0.00618. The molecule has 0 aliphatic carbocycles. The summed E-state index contributed by atoms with van der Waals surface area (Å²) in [4.78, 5) is 24.2. The maximum atomic E-state index is 12.2. The fourth-order valence-electron chi connectivity index (χ4n) is 3.06. The third-order valence-electron chi connectivity index (χ3n) is 4.63. The summed E-state index contributed by atoms with van der Waals surface area (Å²) >= 11 is 1.78. The van der Waals surface area contributed by atoms with Crippen molar-refractivity contribution in [3.8, 4) is 0 Å². The lowest BCUT2D eigenvalue weighted by molar-refractivity contribution is -0.125. The Balaban J connectivity index is 1.33. The van der Waals surface area contributed by atoms with Crippen LogP contribution in [0.5, 0.6) is 0 Å². The van der Waals surface area contributed by atoms with Crippen LogP contribution in [-0.2, 0) is 21.8 Å². The van der Waals surface area contributed by atoms with Gasteiger partial charge >= 0.3 is 0 Å². The van der Waals surface area contributed by atoms with Gasteiger partial charge < -0.3 is 10.6 Å². The van der Waals surface area contributed by atoms with Crippen molar-refractivity contribution in [1.29, 1.82) is 0 Å². The molecule has 0 aliphatic rings. The fraction of sp³-hybridized carbons (Fsp3) is 0.250. The molecule has 0 radical (unpaired) electrons. The van der Waals surface area contributed by atoms with E-state index in [0.717, 1.165) is 27.8 Å². The van der Waals surface area contributed by atoms with Gasteiger partial charge in [0, 0.05) is 18.1 Å². The first-order chi connectivity index (χ1) is 14.1. The van der Waals surface area contributed by atoms with Gasteiger partial charge in [0.1, 0.15) is 0 Å². The Morgan fingerprint density at radius 3 is 2.45 bits per heavy atom. The standard InChI is InChI=1S/C24H26N2O2S/c1-18-9-11-19(12-10-18)17-29-14-13-25-24(28)16-26-23(27)15-21-7-4-6-20-5-2-3-8-22(20)21/h2-12H,13-17H2,1H3,(H,25,28)(H,26,27). The van der Waals surface area contributed by atoms with Gasteiger partial charge in [-0.25, -0.2) is 0 Å². The van der Waals surface area contributed by atoms with Crippen molar-refractivity contribution < 1.29 is 9.59 Å². The highest BCUT2D eigenvalue weighted by Gasteiger charge is 2.08. The molecule has 0 fully saturated rings. The fourth-order valence-corrected chi connectivity index (χ4v) is 3.88. The second-order valence-corrected chi connectivity index (χ2v) is 8.09. The summed E-state index contributed by atoms with van der Waals surface area (Å²) in [6.07, 6.45) is 0.265. The lowest BCUT2D eigenvalue weighted by Crippen LogP contribution is -2.38. The van der Waals surface area contributed by atoms with Crippen molar-refractivity contribution >= 4 is 34.3 Å². The third-order valence-corrected chi connectivity index (χ3v) is 5.67. The topological polar surface area (TPSA) is 58.2 Å². The Kier molecular flexibility index (Phi) is 7.70. The van der Waals surface area contributed by atoms with Crippen molar-refractivity contribution in [1.82, 2.24) is 10.6 Å². The summed E-state index contributed by atoms with van der Waals surface area (Å²) in [5.41, 5.74) is 3.51. The first kappa shape index (κ1) is 20.9. The number of fused-ring (bicyclic) bond motifs is 1. The summed E-state index contributed by atoms with van der Waals surface area (Å²) in [6, 6.07) is 22.4. The van der Waals surface area contributed by atoms with E-state index < -0.39 is 0 Å². The molecule has 0 aromatic heterocycles.